The highest BCUT2D eigenvalue weighted by Gasteiger charge is 2.16. The fraction of sp³-hybridized carbons (Fsp3) is 0.300. The average Bonchev–Trinajstić information content (AvgIpc) is 2.95. The van der Waals surface area contributed by atoms with Crippen LogP contribution in [-0.2, 0) is 30.2 Å². The zero-order chi connectivity index (χ0) is 13.2. The molecule has 0 aliphatic carbocycles. The van der Waals surface area contributed by atoms with Gasteiger partial charge in [-0.2, -0.15) is 5.10 Å². The highest BCUT2D eigenvalue weighted by Crippen LogP contribution is 2.20. The Hall–Kier alpha value is -1.22. The Morgan fingerprint density at radius 1 is 1.50 bits per heavy atom. The Morgan fingerprint density at radius 2 is 2.28 bits per heavy atom. The zero-order valence-corrected chi connectivity index (χ0v) is 11.3. The summed E-state index contributed by atoms with van der Waals surface area (Å²) in [5, 5.41) is 14.5. The van der Waals surface area contributed by atoms with Gasteiger partial charge in [0.1, 0.15) is 4.21 Å². The number of hydrogen-bond acceptors (Lipinski definition) is 5. The third-order valence-corrected chi connectivity index (χ3v) is 5.19. The molecule has 2 aromatic rings. The highest BCUT2D eigenvalue weighted by atomic mass is 32.2. The van der Waals surface area contributed by atoms with Crippen molar-refractivity contribution in [3.8, 4) is 0 Å². The normalized spacial score (nSPS) is 11.9. The molecule has 2 N–H and O–H groups in total. The minimum absolute atomic E-state index is 0.158. The number of hydrogen-bond donors (Lipinski definition) is 2. The maximum atomic E-state index is 11.9. The van der Waals surface area contributed by atoms with Crippen LogP contribution >= 0.6 is 11.3 Å². The Morgan fingerprint density at radius 3 is 2.83 bits per heavy atom. The molecule has 8 heteroatoms. The van der Waals surface area contributed by atoms with Gasteiger partial charge in [0, 0.05) is 25.4 Å². The standard InChI is InChI=1S/C10H13N3O3S2/c1-13-5-9(3-11-13)4-12-18(15,16)10-2-8(6-14)7-17-10/h2-3,5,7,12,14H,4,6H2,1H3. The van der Waals surface area contributed by atoms with Crippen LogP contribution in [0.15, 0.2) is 28.0 Å². The molecule has 0 unspecified atom stereocenters. The predicted octanol–water partition coefficient (Wildman–Crippen LogP) is 0.452. The van der Waals surface area contributed by atoms with Gasteiger partial charge in [0.15, 0.2) is 0 Å². The number of aryl methyl sites for hydroxylation is 1. The molecular weight excluding hydrogens is 274 g/mol. The first-order valence-electron chi connectivity index (χ1n) is 5.17. The van der Waals surface area contributed by atoms with Crippen LogP contribution in [0.4, 0.5) is 0 Å². The van der Waals surface area contributed by atoms with Crippen LogP contribution < -0.4 is 4.72 Å². The Labute approximate surface area is 109 Å². The molecule has 0 amide bonds. The van der Waals surface area contributed by atoms with Crippen molar-refractivity contribution in [2.75, 3.05) is 0 Å². The highest BCUT2D eigenvalue weighted by molar-refractivity contribution is 7.91. The van der Waals surface area contributed by atoms with Crippen molar-refractivity contribution in [1.29, 1.82) is 0 Å². The molecule has 0 aliphatic heterocycles. The molecule has 0 radical (unpaired) electrons. The fourth-order valence-corrected chi connectivity index (χ4v) is 3.65. The number of rotatable bonds is 5. The summed E-state index contributed by atoms with van der Waals surface area (Å²) in [4.78, 5) is 0. The van der Waals surface area contributed by atoms with Crippen LogP contribution in [0.3, 0.4) is 0 Å². The summed E-state index contributed by atoms with van der Waals surface area (Å²) in [5.74, 6) is 0. The number of sulfonamides is 1. The monoisotopic (exact) mass is 287 g/mol. The van der Waals surface area contributed by atoms with E-state index in [0.29, 0.717) is 5.56 Å². The largest absolute Gasteiger partial charge is 0.392 e. The maximum absolute atomic E-state index is 11.9. The van der Waals surface area contributed by atoms with Crippen LogP contribution in [0.5, 0.6) is 0 Å². The summed E-state index contributed by atoms with van der Waals surface area (Å²) in [7, 11) is -1.75. The third-order valence-electron chi connectivity index (χ3n) is 2.30. The molecule has 0 bridgehead atoms. The molecule has 0 saturated heterocycles. The van der Waals surface area contributed by atoms with E-state index < -0.39 is 10.0 Å². The lowest BCUT2D eigenvalue weighted by atomic mass is 10.4. The van der Waals surface area contributed by atoms with Crippen LogP contribution in [0, 0.1) is 0 Å². The second kappa shape index (κ2) is 5.19. The fourth-order valence-electron chi connectivity index (χ4n) is 1.39. The predicted molar refractivity (Wildman–Crippen MR) is 67.5 cm³/mol. The molecule has 0 saturated carbocycles. The second-order valence-corrected chi connectivity index (χ2v) is 6.68. The van der Waals surface area contributed by atoms with Crippen molar-refractivity contribution in [2.45, 2.75) is 17.4 Å². The summed E-state index contributed by atoms with van der Waals surface area (Å²) in [6, 6.07) is 1.47. The van der Waals surface area contributed by atoms with Gasteiger partial charge < -0.3 is 5.11 Å². The molecule has 0 atom stereocenters. The summed E-state index contributed by atoms with van der Waals surface area (Å²) >= 11 is 1.09. The third kappa shape index (κ3) is 2.96. The quantitative estimate of drug-likeness (QED) is 0.836. The molecule has 0 spiro atoms. The van der Waals surface area contributed by atoms with Gasteiger partial charge in [-0.05, 0) is 17.0 Å². The molecular formula is C10H13N3O3S2. The van der Waals surface area contributed by atoms with Crippen LogP contribution in [0.25, 0.3) is 0 Å². The van der Waals surface area contributed by atoms with Crippen molar-refractivity contribution < 1.29 is 13.5 Å². The Kier molecular flexibility index (Phi) is 3.81. The Bertz CT molecular complexity index is 630. The van der Waals surface area contributed by atoms with Crippen molar-refractivity contribution >= 4 is 21.4 Å². The summed E-state index contributed by atoms with van der Waals surface area (Å²) < 4.78 is 28.2. The van der Waals surface area contributed by atoms with Crippen molar-refractivity contribution in [3.63, 3.8) is 0 Å². The van der Waals surface area contributed by atoms with Gasteiger partial charge in [-0.1, -0.05) is 0 Å². The first-order valence-corrected chi connectivity index (χ1v) is 7.53. The SMILES string of the molecule is Cn1cc(CNS(=O)(=O)c2cc(CO)cs2)cn1. The van der Waals surface area contributed by atoms with E-state index in [-0.39, 0.29) is 17.4 Å². The van der Waals surface area contributed by atoms with Gasteiger partial charge >= 0.3 is 0 Å². The number of thiophene rings is 1. The van der Waals surface area contributed by atoms with E-state index >= 15 is 0 Å². The van der Waals surface area contributed by atoms with Crippen molar-refractivity contribution in [2.24, 2.45) is 7.05 Å². The summed E-state index contributed by atoms with van der Waals surface area (Å²) in [6.45, 7) is 0.0388. The van der Waals surface area contributed by atoms with Gasteiger partial charge in [-0.3, -0.25) is 4.68 Å². The van der Waals surface area contributed by atoms with Crippen molar-refractivity contribution in [1.82, 2.24) is 14.5 Å². The number of aliphatic hydroxyl groups excluding tert-OH is 1. The molecule has 0 aliphatic rings. The van der Waals surface area contributed by atoms with E-state index in [1.807, 2.05) is 0 Å². The number of aliphatic hydroxyl groups is 1. The van der Waals surface area contributed by atoms with E-state index in [4.69, 9.17) is 5.11 Å². The van der Waals surface area contributed by atoms with Gasteiger partial charge in [0.2, 0.25) is 10.0 Å². The molecule has 6 nitrogen and oxygen atoms in total. The minimum atomic E-state index is -3.52. The first kappa shape index (κ1) is 13.2. The van der Waals surface area contributed by atoms with Crippen molar-refractivity contribution in [3.05, 3.63) is 35.0 Å². The first-order chi connectivity index (χ1) is 8.51. The zero-order valence-electron chi connectivity index (χ0n) is 9.70. The lowest BCUT2D eigenvalue weighted by molar-refractivity contribution is 0.282. The van der Waals surface area contributed by atoms with Gasteiger partial charge in [0.05, 0.1) is 12.8 Å². The molecule has 98 valence electrons. The van der Waals surface area contributed by atoms with E-state index in [9.17, 15) is 8.42 Å². The maximum Gasteiger partial charge on any atom is 0.250 e. The molecule has 0 fully saturated rings. The van der Waals surface area contributed by atoms with E-state index in [2.05, 4.69) is 9.82 Å². The number of aromatic nitrogens is 2. The lowest BCUT2D eigenvalue weighted by Gasteiger charge is -2.02. The van der Waals surface area contributed by atoms with Gasteiger partial charge in [0.25, 0.3) is 0 Å². The van der Waals surface area contributed by atoms with E-state index in [1.54, 1.807) is 29.5 Å². The smallest absolute Gasteiger partial charge is 0.250 e. The minimum Gasteiger partial charge on any atom is -0.392 e. The summed E-state index contributed by atoms with van der Waals surface area (Å²) in [6.07, 6.45) is 3.35. The van der Waals surface area contributed by atoms with Crippen LogP contribution in [0.2, 0.25) is 0 Å². The van der Waals surface area contributed by atoms with Crippen LogP contribution in [-0.4, -0.2) is 23.3 Å². The molecule has 18 heavy (non-hydrogen) atoms. The van der Waals surface area contributed by atoms with Gasteiger partial charge in [-0.15, -0.1) is 11.3 Å². The molecule has 2 rings (SSSR count). The topological polar surface area (TPSA) is 84.2 Å². The second-order valence-electron chi connectivity index (χ2n) is 3.78. The Balaban J connectivity index is 2.07. The molecule has 0 aromatic carbocycles. The molecule has 2 heterocycles. The van der Waals surface area contributed by atoms with Crippen LogP contribution in [0.1, 0.15) is 11.1 Å². The number of nitrogens with zero attached hydrogens (tertiary/aromatic N) is 2. The lowest BCUT2D eigenvalue weighted by Crippen LogP contribution is -2.22. The summed E-state index contributed by atoms with van der Waals surface area (Å²) in [5.41, 5.74) is 1.39. The van der Waals surface area contributed by atoms with E-state index in [1.165, 1.54) is 6.07 Å². The van der Waals surface area contributed by atoms with E-state index in [0.717, 1.165) is 16.9 Å². The molecule has 2 aromatic heterocycles. The number of nitrogens with one attached hydrogen (secondary N) is 1. The average molecular weight is 287 g/mol. The van der Waals surface area contributed by atoms with Gasteiger partial charge in [-0.25, -0.2) is 13.1 Å².